The van der Waals surface area contributed by atoms with Gasteiger partial charge in [-0.1, -0.05) is 29.3 Å². The summed E-state index contributed by atoms with van der Waals surface area (Å²) >= 11 is 15.7. The first-order chi connectivity index (χ1) is 18.2. The molecule has 7 nitrogen and oxygen atoms in total. The van der Waals surface area contributed by atoms with Crippen LogP contribution in [-0.2, 0) is 11.4 Å². The van der Waals surface area contributed by atoms with Crippen molar-refractivity contribution in [2.75, 3.05) is 13.7 Å². The summed E-state index contributed by atoms with van der Waals surface area (Å²) in [4.78, 5) is 30.9. The van der Waals surface area contributed by atoms with Crippen LogP contribution in [0.25, 0.3) is 6.08 Å². The maximum absolute atomic E-state index is 13.1. The number of carboxylic acid groups (broad SMARTS) is 1. The van der Waals surface area contributed by atoms with E-state index in [2.05, 4.69) is 27.6 Å². The molecular weight excluding hydrogens is 662 g/mol. The molecule has 0 aliphatic carbocycles. The van der Waals surface area contributed by atoms with E-state index in [-0.39, 0.29) is 18.1 Å². The summed E-state index contributed by atoms with van der Waals surface area (Å²) in [6.45, 7) is 2.54. The number of carbonyl (C=O) groups excluding carboxylic acids is 1. The maximum Gasteiger partial charge on any atom is 0.335 e. The first-order valence-electron chi connectivity index (χ1n) is 11.3. The Balaban J connectivity index is 1.58. The Morgan fingerprint density at radius 3 is 2.53 bits per heavy atom. The molecule has 0 spiro atoms. The Kier molecular flexibility index (Phi) is 9.24. The lowest BCUT2D eigenvalue weighted by Crippen LogP contribution is -2.28. The van der Waals surface area contributed by atoms with Crippen LogP contribution < -0.4 is 9.47 Å². The van der Waals surface area contributed by atoms with Crippen molar-refractivity contribution in [3.8, 4) is 11.5 Å². The number of nitrogens with zero attached hydrogens (tertiary/aromatic N) is 2. The van der Waals surface area contributed by atoms with Crippen molar-refractivity contribution in [3.05, 3.63) is 89.8 Å². The van der Waals surface area contributed by atoms with Gasteiger partial charge >= 0.3 is 5.97 Å². The SMILES string of the molecule is CCN1C(=O)/C(=C\c2cc(I)c(OCc3ccc(Cl)cc3Cl)c(OC)c2)SC1=Nc1ccc(C(=O)O)cc1. The van der Waals surface area contributed by atoms with E-state index in [9.17, 15) is 9.59 Å². The van der Waals surface area contributed by atoms with Gasteiger partial charge in [-0.25, -0.2) is 9.79 Å². The fourth-order valence-corrected chi connectivity index (χ4v) is 5.87. The number of hydrogen-bond acceptors (Lipinski definition) is 6. The number of carbonyl (C=O) groups is 2. The van der Waals surface area contributed by atoms with Gasteiger partial charge in [-0.15, -0.1) is 0 Å². The van der Waals surface area contributed by atoms with Gasteiger partial charge in [0, 0.05) is 22.2 Å². The Bertz CT molecular complexity index is 1460. The van der Waals surface area contributed by atoms with Gasteiger partial charge < -0.3 is 14.6 Å². The topological polar surface area (TPSA) is 88.4 Å². The number of amidine groups is 1. The average Bonchev–Trinajstić information content (AvgIpc) is 3.17. The molecule has 0 atom stereocenters. The summed E-state index contributed by atoms with van der Waals surface area (Å²) in [6, 6.07) is 15.1. The molecule has 0 aromatic heterocycles. The molecule has 1 saturated heterocycles. The number of carboxylic acids is 1. The van der Waals surface area contributed by atoms with Crippen molar-refractivity contribution >= 4 is 86.4 Å². The molecule has 0 saturated carbocycles. The van der Waals surface area contributed by atoms with Crippen molar-refractivity contribution in [3.63, 3.8) is 0 Å². The number of benzene rings is 3. The fourth-order valence-electron chi connectivity index (χ4n) is 3.56. The highest BCUT2D eigenvalue weighted by Gasteiger charge is 2.32. The Labute approximate surface area is 247 Å². The minimum Gasteiger partial charge on any atom is -0.493 e. The molecule has 1 fully saturated rings. The van der Waals surface area contributed by atoms with E-state index < -0.39 is 5.97 Å². The third kappa shape index (κ3) is 6.45. The quantitative estimate of drug-likeness (QED) is 0.196. The summed E-state index contributed by atoms with van der Waals surface area (Å²) in [5.74, 6) is -0.0895. The Hall–Kier alpha value is -2.73. The number of amides is 1. The van der Waals surface area contributed by atoms with E-state index in [0.29, 0.717) is 43.8 Å². The second kappa shape index (κ2) is 12.4. The number of ether oxygens (including phenoxy) is 2. The van der Waals surface area contributed by atoms with Crippen LogP contribution in [0.1, 0.15) is 28.4 Å². The van der Waals surface area contributed by atoms with Crippen LogP contribution in [0.3, 0.4) is 0 Å². The minimum atomic E-state index is -1.01. The summed E-state index contributed by atoms with van der Waals surface area (Å²) in [5, 5.41) is 10.7. The van der Waals surface area contributed by atoms with Crippen molar-refractivity contribution in [1.29, 1.82) is 0 Å². The number of halogens is 3. The van der Waals surface area contributed by atoms with Gasteiger partial charge in [0.05, 0.1) is 26.8 Å². The standard InChI is InChI=1S/C27H21Cl2IN2O5S/c1-3-32-25(33)23(38-27(32)31-19-8-5-16(6-9-19)26(34)35)12-15-10-21(30)24(22(11-15)36-2)37-14-17-4-7-18(28)13-20(17)29/h4-13H,3,14H2,1-2H3,(H,34,35)/b23-12+,31-27?. The van der Waals surface area contributed by atoms with Gasteiger partial charge in [0.25, 0.3) is 5.91 Å². The molecule has 38 heavy (non-hydrogen) atoms. The molecule has 1 heterocycles. The predicted molar refractivity (Wildman–Crippen MR) is 160 cm³/mol. The Morgan fingerprint density at radius 2 is 1.89 bits per heavy atom. The molecule has 0 unspecified atom stereocenters. The lowest BCUT2D eigenvalue weighted by molar-refractivity contribution is -0.122. The maximum atomic E-state index is 13.1. The first kappa shape index (κ1) is 28.3. The van der Waals surface area contributed by atoms with E-state index in [1.807, 2.05) is 19.1 Å². The van der Waals surface area contributed by atoms with E-state index in [1.54, 1.807) is 48.4 Å². The van der Waals surface area contributed by atoms with Crippen molar-refractivity contribution < 1.29 is 24.2 Å². The average molecular weight is 683 g/mol. The van der Waals surface area contributed by atoms with Crippen LogP contribution in [0.2, 0.25) is 10.0 Å². The summed E-state index contributed by atoms with van der Waals surface area (Å²) in [7, 11) is 1.55. The van der Waals surface area contributed by atoms with Gasteiger partial charge in [-0.3, -0.25) is 9.69 Å². The van der Waals surface area contributed by atoms with Crippen molar-refractivity contribution in [2.24, 2.45) is 4.99 Å². The first-order valence-corrected chi connectivity index (χ1v) is 13.9. The van der Waals surface area contributed by atoms with E-state index >= 15 is 0 Å². The van der Waals surface area contributed by atoms with Crippen LogP contribution in [0.5, 0.6) is 11.5 Å². The highest BCUT2D eigenvalue weighted by atomic mass is 127. The molecule has 0 bridgehead atoms. The third-order valence-electron chi connectivity index (χ3n) is 5.48. The summed E-state index contributed by atoms with van der Waals surface area (Å²) in [5.41, 5.74) is 2.28. The largest absolute Gasteiger partial charge is 0.493 e. The number of thioether (sulfide) groups is 1. The monoisotopic (exact) mass is 682 g/mol. The molecule has 11 heteroatoms. The molecule has 4 rings (SSSR count). The molecule has 0 radical (unpaired) electrons. The van der Waals surface area contributed by atoms with Gasteiger partial charge in [0.15, 0.2) is 16.7 Å². The molecular formula is C27H21Cl2IN2O5S. The number of hydrogen-bond donors (Lipinski definition) is 1. The van der Waals surface area contributed by atoms with Crippen LogP contribution in [0.4, 0.5) is 5.69 Å². The second-order valence-electron chi connectivity index (χ2n) is 7.96. The van der Waals surface area contributed by atoms with Crippen molar-refractivity contribution in [2.45, 2.75) is 13.5 Å². The van der Waals surface area contributed by atoms with Crippen LogP contribution in [0, 0.1) is 3.57 Å². The van der Waals surface area contributed by atoms with Crippen molar-refractivity contribution in [1.82, 2.24) is 4.90 Å². The minimum absolute atomic E-state index is 0.162. The Morgan fingerprint density at radius 1 is 1.16 bits per heavy atom. The normalized spacial score (nSPS) is 15.4. The number of aliphatic imine (C=N–C) groups is 1. The van der Waals surface area contributed by atoms with E-state index in [0.717, 1.165) is 14.7 Å². The molecule has 1 aliphatic heterocycles. The van der Waals surface area contributed by atoms with Gasteiger partial charge in [-0.05, 0) is 101 Å². The van der Waals surface area contributed by atoms with E-state index in [1.165, 1.54) is 23.9 Å². The van der Waals surface area contributed by atoms with E-state index in [4.69, 9.17) is 37.8 Å². The zero-order chi connectivity index (χ0) is 27.4. The molecule has 196 valence electrons. The molecule has 1 N–H and O–H groups in total. The number of likely N-dealkylation sites (N-methyl/N-ethyl adjacent to an activating group) is 1. The summed E-state index contributed by atoms with van der Waals surface area (Å²) in [6.07, 6.45) is 1.79. The predicted octanol–water partition coefficient (Wildman–Crippen LogP) is 7.51. The molecule has 3 aromatic carbocycles. The number of rotatable bonds is 8. The smallest absolute Gasteiger partial charge is 0.335 e. The number of aromatic carboxylic acids is 1. The second-order valence-corrected chi connectivity index (χ2v) is 11.0. The van der Waals surface area contributed by atoms with Gasteiger partial charge in [0.1, 0.15) is 6.61 Å². The zero-order valence-corrected chi connectivity index (χ0v) is 24.7. The molecule has 3 aromatic rings. The highest BCUT2D eigenvalue weighted by Crippen LogP contribution is 2.38. The van der Waals surface area contributed by atoms with Crippen LogP contribution >= 0.6 is 57.6 Å². The molecule has 1 amide bonds. The molecule has 1 aliphatic rings. The van der Waals surface area contributed by atoms with Gasteiger partial charge in [-0.2, -0.15) is 0 Å². The lowest BCUT2D eigenvalue weighted by atomic mass is 10.1. The lowest BCUT2D eigenvalue weighted by Gasteiger charge is -2.14. The summed E-state index contributed by atoms with van der Waals surface area (Å²) < 4.78 is 12.4. The van der Waals surface area contributed by atoms with Crippen LogP contribution in [-0.4, -0.2) is 40.7 Å². The van der Waals surface area contributed by atoms with Gasteiger partial charge in [0.2, 0.25) is 0 Å². The fraction of sp³-hybridized carbons (Fsp3) is 0.148. The number of methoxy groups -OCH3 is 1. The zero-order valence-electron chi connectivity index (χ0n) is 20.2. The van der Waals surface area contributed by atoms with Crippen LogP contribution in [0.15, 0.2) is 64.5 Å². The highest BCUT2D eigenvalue weighted by molar-refractivity contribution is 14.1. The third-order valence-corrected chi connectivity index (χ3v) is 7.87.